The van der Waals surface area contributed by atoms with Crippen LogP contribution < -0.4 is 4.74 Å². The first-order valence-electron chi connectivity index (χ1n) is 10.7. The molecule has 160 valence electrons. The number of benzene rings is 2. The minimum Gasteiger partial charge on any atom is -0.504 e. The van der Waals surface area contributed by atoms with Crippen LogP contribution in [0.2, 0.25) is 0 Å². The number of hydrogen-bond acceptors (Lipinski definition) is 4. The van der Waals surface area contributed by atoms with Gasteiger partial charge in [0.1, 0.15) is 0 Å². The number of aryl methyl sites for hydroxylation is 1. The number of methoxy groups -OCH3 is 1. The molecule has 0 aromatic heterocycles. The first-order chi connectivity index (χ1) is 14.1. The summed E-state index contributed by atoms with van der Waals surface area (Å²) in [6.45, 7) is 13.6. The van der Waals surface area contributed by atoms with Gasteiger partial charge < -0.3 is 9.84 Å². The number of nitrogens with zero attached hydrogens (tertiary/aromatic N) is 2. The van der Waals surface area contributed by atoms with E-state index in [1.165, 1.54) is 42.2 Å². The van der Waals surface area contributed by atoms with Crippen molar-refractivity contribution in [3.63, 3.8) is 0 Å². The summed E-state index contributed by atoms with van der Waals surface area (Å²) in [7, 11) is 1.53. The van der Waals surface area contributed by atoms with E-state index in [-0.39, 0.29) is 16.6 Å². The second kappa shape index (κ2) is 8.25. The van der Waals surface area contributed by atoms with Gasteiger partial charge in [-0.2, -0.15) is 10.2 Å². The summed E-state index contributed by atoms with van der Waals surface area (Å²) in [5, 5.41) is 18.5. The molecular formula is C26H34N2O2. The Balaban J connectivity index is 1.98. The number of hydrogen-bond donors (Lipinski definition) is 1. The van der Waals surface area contributed by atoms with E-state index >= 15 is 0 Å². The molecule has 0 fully saturated rings. The Kier molecular flexibility index (Phi) is 6.07. The molecule has 3 rings (SSSR count). The van der Waals surface area contributed by atoms with Gasteiger partial charge in [0.05, 0.1) is 19.0 Å². The smallest absolute Gasteiger partial charge is 0.161 e. The Hall–Kier alpha value is -2.62. The Bertz CT molecular complexity index is 1000. The van der Waals surface area contributed by atoms with Crippen LogP contribution in [0.15, 0.2) is 40.5 Å². The topological polar surface area (TPSA) is 54.2 Å². The maximum Gasteiger partial charge on any atom is 0.161 e. The van der Waals surface area contributed by atoms with E-state index in [0.29, 0.717) is 5.75 Å². The van der Waals surface area contributed by atoms with Crippen molar-refractivity contribution in [2.24, 2.45) is 10.2 Å². The highest BCUT2D eigenvalue weighted by molar-refractivity contribution is 6.00. The third-order valence-electron chi connectivity index (χ3n) is 6.47. The summed E-state index contributed by atoms with van der Waals surface area (Å²) >= 11 is 0. The monoisotopic (exact) mass is 406 g/mol. The molecule has 30 heavy (non-hydrogen) atoms. The van der Waals surface area contributed by atoms with Gasteiger partial charge in [-0.15, -0.1) is 0 Å². The van der Waals surface area contributed by atoms with Crippen LogP contribution in [0, 0.1) is 0 Å². The van der Waals surface area contributed by atoms with Crippen molar-refractivity contribution in [2.45, 2.75) is 71.6 Å². The summed E-state index contributed by atoms with van der Waals surface area (Å²) in [5.74, 6) is 0.536. The minimum atomic E-state index is 0.113. The Morgan fingerprint density at radius 3 is 2.30 bits per heavy atom. The van der Waals surface area contributed by atoms with Gasteiger partial charge in [0.2, 0.25) is 0 Å². The second-order valence-corrected chi connectivity index (χ2v) is 9.54. The van der Waals surface area contributed by atoms with Crippen LogP contribution in [0.3, 0.4) is 0 Å². The van der Waals surface area contributed by atoms with Crippen molar-refractivity contribution in [1.29, 1.82) is 0 Å². The predicted octanol–water partition coefficient (Wildman–Crippen LogP) is 6.16. The molecule has 0 radical (unpaired) electrons. The largest absolute Gasteiger partial charge is 0.504 e. The molecule has 0 saturated carbocycles. The van der Waals surface area contributed by atoms with Crippen LogP contribution >= 0.6 is 0 Å². The number of aromatic hydroxyl groups is 1. The van der Waals surface area contributed by atoms with Gasteiger partial charge in [-0.25, -0.2) is 0 Å². The highest BCUT2D eigenvalue weighted by Crippen LogP contribution is 2.46. The van der Waals surface area contributed by atoms with Gasteiger partial charge in [-0.3, -0.25) is 0 Å². The molecule has 2 aromatic rings. The molecule has 1 aliphatic rings. The number of rotatable bonds is 5. The van der Waals surface area contributed by atoms with E-state index in [2.05, 4.69) is 57.0 Å². The van der Waals surface area contributed by atoms with Crippen LogP contribution in [0.4, 0.5) is 0 Å². The highest BCUT2D eigenvalue weighted by Gasteiger charge is 2.37. The zero-order valence-corrected chi connectivity index (χ0v) is 19.3. The van der Waals surface area contributed by atoms with E-state index < -0.39 is 0 Å². The number of phenolic OH excluding ortho intramolecular Hbond substituents is 1. The molecule has 0 saturated heterocycles. The van der Waals surface area contributed by atoms with Crippen molar-refractivity contribution in [3.05, 3.63) is 58.1 Å². The maximum atomic E-state index is 9.73. The second-order valence-electron chi connectivity index (χ2n) is 9.54. The van der Waals surface area contributed by atoms with Crippen LogP contribution in [0.25, 0.3) is 0 Å². The summed E-state index contributed by atoms with van der Waals surface area (Å²) in [4.78, 5) is 0. The molecular weight excluding hydrogens is 372 g/mol. The number of ether oxygens (including phenoxy) is 1. The zero-order valence-electron chi connectivity index (χ0n) is 19.3. The van der Waals surface area contributed by atoms with Gasteiger partial charge >= 0.3 is 0 Å². The number of fused-ring (bicyclic) bond motifs is 1. The van der Waals surface area contributed by atoms with E-state index in [9.17, 15) is 5.11 Å². The van der Waals surface area contributed by atoms with Gasteiger partial charge in [0, 0.05) is 5.56 Å². The predicted molar refractivity (Wildman–Crippen MR) is 126 cm³/mol. The lowest BCUT2D eigenvalue weighted by atomic mass is 9.62. The fourth-order valence-electron chi connectivity index (χ4n) is 4.30. The average molecular weight is 407 g/mol. The lowest BCUT2D eigenvalue weighted by molar-refractivity contribution is 0.331. The fraction of sp³-hybridized carbons (Fsp3) is 0.462. The van der Waals surface area contributed by atoms with E-state index in [1.807, 2.05) is 6.92 Å². The van der Waals surface area contributed by atoms with E-state index in [1.54, 1.807) is 24.4 Å². The van der Waals surface area contributed by atoms with Crippen molar-refractivity contribution in [3.8, 4) is 11.5 Å². The lowest BCUT2D eigenvalue weighted by Gasteiger charge is -2.42. The molecule has 0 bridgehead atoms. The third-order valence-corrected chi connectivity index (χ3v) is 6.47. The molecule has 4 nitrogen and oxygen atoms in total. The van der Waals surface area contributed by atoms with Crippen LogP contribution in [0.1, 0.15) is 82.2 Å². The SMILES string of the molecule is CCc1cc2c(cc1/C(C)=N\N=C/c1ccc(O)c(OC)c1)C(C)(C)CCC2(C)C. The third kappa shape index (κ3) is 4.28. The Labute approximate surface area is 180 Å². The summed E-state index contributed by atoms with van der Waals surface area (Å²) in [6.07, 6.45) is 5.05. The van der Waals surface area contributed by atoms with E-state index in [0.717, 1.165) is 17.7 Å². The fourth-order valence-corrected chi connectivity index (χ4v) is 4.30. The Morgan fingerprint density at radius 2 is 1.70 bits per heavy atom. The van der Waals surface area contributed by atoms with Crippen LogP contribution in [-0.2, 0) is 17.3 Å². The molecule has 0 spiro atoms. The van der Waals surface area contributed by atoms with Crippen molar-refractivity contribution >= 4 is 11.9 Å². The zero-order chi connectivity index (χ0) is 22.1. The standard InChI is InChI=1S/C26H34N2O2/c1-8-19-14-21-22(26(5,6)12-11-25(21,3)4)15-20(19)17(2)28-27-16-18-9-10-23(29)24(13-18)30-7/h9-10,13-16,29H,8,11-12H2,1-7H3/b27-16-,28-17-. The van der Waals surface area contributed by atoms with Crippen molar-refractivity contribution in [1.82, 2.24) is 0 Å². The molecule has 0 heterocycles. The molecule has 0 unspecified atom stereocenters. The molecule has 0 atom stereocenters. The molecule has 2 aromatic carbocycles. The lowest BCUT2D eigenvalue weighted by Crippen LogP contribution is -2.34. The van der Waals surface area contributed by atoms with E-state index in [4.69, 9.17) is 4.74 Å². The number of phenols is 1. The summed E-state index contributed by atoms with van der Waals surface area (Å²) < 4.78 is 5.15. The van der Waals surface area contributed by atoms with Crippen molar-refractivity contribution in [2.75, 3.05) is 7.11 Å². The van der Waals surface area contributed by atoms with Crippen LogP contribution in [0.5, 0.6) is 11.5 Å². The summed E-state index contributed by atoms with van der Waals surface area (Å²) in [6, 6.07) is 9.88. The molecule has 1 aliphatic carbocycles. The summed E-state index contributed by atoms with van der Waals surface area (Å²) in [5.41, 5.74) is 7.53. The molecule has 0 aliphatic heterocycles. The van der Waals surface area contributed by atoms with Gasteiger partial charge in [-0.05, 0) is 83.5 Å². The normalized spacial score (nSPS) is 17.8. The van der Waals surface area contributed by atoms with Crippen molar-refractivity contribution < 1.29 is 9.84 Å². The van der Waals surface area contributed by atoms with Gasteiger partial charge in [0.15, 0.2) is 11.5 Å². The first kappa shape index (κ1) is 22.1. The quantitative estimate of drug-likeness (QED) is 0.478. The minimum absolute atomic E-state index is 0.113. The van der Waals surface area contributed by atoms with Gasteiger partial charge in [-0.1, -0.05) is 40.7 Å². The average Bonchev–Trinajstić information content (AvgIpc) is 2.71. The maximum absolute atomic E-state index is 9.73. The van der Waals surface area contributed by atoms with Gasteiger partial charge in [0.25, 0.3) is 0 Å². The van der Waals surface area contributed by atoms with Crippen LogP contribution in [-0.4, -0.2) is 24.1 Å². The molecule has 4 heteroatoms. The molecule has 0 amide bonds. The first-order valence-corrected chi connectivity index (χ1v) is 10.7. The molecule has 1 N–H and O–H groups in total. The Morgan fingerprint density at radius 1 is 1.07 bits per heavy atom. The highest BCUT2D eigenvalue weighted by atomic mass is 16.5.